The molecule has 1 heterocycles. The van der Waals surface area contributed by atoms with Crippen LogP contribution >= 0.6 is 12.4 Å². The Morgan fingerprint density at radius 2 is 1.87 bits per heavy atom. The molecule has 2 atom stereocenters. The molecule has 0 aliphatic carbocycles. The summed E-state index contributed by atoms with van der Waals surface area (Å²) in [4.78, 5) is -0.473. The molecule has 1 saturated heterocycles. The first kappa shape index (κ1) is 20.1. The number of alkyl halides is 3. The summed E-state index contributed by atoms with van der Waals surface area (Å²) in [5, 5.41) is 3.10. The third-order valence-corrected chi connectivity index (χ3v) is 5.81. The molecule has 1 fully saturated rings. The predicted octanol–water partition coefficient (Wildman–Crippen LogP) is 2.64. The minimum absolute atomic E-state index is 0. The average Bonchev–Trinajstić information content (AvgIpc) is 2.40. The van der Waals surface area contributed by atoms with Gasteiger partial charge in [0.15, 0.2) is 0 Å². The Labute approximate surface area is 138 Å². The molecule has 2 rings (SSSR count). The highest BCUT2D eigenvalue weighted by Crippen LogP contribution is 2.33. The van der Waals surface area contributed by atoms with Crippen molar-refractivity contribution in [3.8, 4) is 0 Å². The summed E-state index contributed by atoms with van der Waals surface area (Å²) < 4.78 is 77.4. The Morgan fingerprint density at radius 3 is 2.39 bits per heavy atom. The molecule has 1 aliphatic rings. The summed E-state index contributed by atoms with van der Waals surface area (Å²) in [6, 6.07) is 1.18. The topological polar surface area (TPSA) is 49.4 Å². The van der Waals surface area contributed by atoms with Crippen LogP contribution in [0.2, 0.25) is 0 Å². The quantitative estimate of drug-likeness (QED) is 0.807. The monoisotopic (exact) mass is 376 g/mol. The zero-order valence-electron chi connectivity index (χ0n) is 12.4. The Hall–Kier alpha value is -0.900. The second kappa shape index (κ2) is 6.92. The SMILES string of the molecule is CC1NCCN(S(=O)(=O)c2ccc(C(F)(F)F)c(F)c2)C1C.Cl. The summed E-state index contributed by atoms with van der Waals surface area (Å²) >= 11 is 0. The molecule has 0 bridgehead atoms. The van der Waals surface area contributed by atoms with Gasteiger partial charge in [-0.15, -0.1) is 12.4 Å². The number of piperazine rings is 1. The number of benzene rings is 1. The second-order valence-corrected chi connectivity index (χ2v) is 7.13. The van der Waals surface area contributed by atoms with Gasteiger partial charge in [-0.05, 0) is 32.0 Å². The largest absolute Gasteiger partial charge is 0.419 e. The van der Waals surface area contributed by atoms with E-state index in [-0.39, 0.29) is 31.0 Å². The number of hydrogen-bond acceptors (Lipinski definition) is 3. The van der Waals surface area contributed by atoms with Crippen LogP contribution in [-0.2, 0) is 16.2 Å². The van der Waals surface area contributed by atoms with Crippen LogP contribution < -0.4 is 5.32 Å². The summed E-state index contributed by atoms with van der Waals surface area (Å²) in [5.74, 6) is -1.59. The van der Waals surface area contributed by atoms with Crippen molar-refractivity contribution in [1.82, 2.24) is 9.62 Å². The Balaban J connectivity index is 0.00000264. The van der Waals surface area contributed by atoms with Gasteiger partial charge in [-0.3, -0.25) is 0 Å². The van der Waals surface area contributed by atoms with Crippen LogP contribution in [0.5, 0.6) is 0 Å². The van der Waals surface area contributed by atoms with Gasteiger partial charge in [-0.1, -0.05) is 0 Å². The van der Waals surface area contributed by atoms with Crippen molar-refractivity contribution in [3.63, 3.8) is 0 Å². The van der Waals surface area contributed by atoms with E-state index in [0.717, 1.165) is 6.07 Å². The number of sulfonamides is 1. The number of nitrogens with zero attached hydrogens (tertiary/aromatic N) is 1. The molecule has 0 amide bonds. The Bertz CT molecular complexity index is 666. The summed E-state index contributed by atoms with van der Waals surface area (Å²) in [7, 11) is -4.04. The van der Waals surface area contributed by atoms with Gasteiger partial charge < -0.3 is 5.32 Å². The van der Waals surface area contributed by atoms with E-state index in [0.29, 0.717) is 18.7 Å². The van der Waals surface area contributed by atoms with Gasteiger partial charge in [-0.2, -0.15) is 17.5 Å². The van der Waals surface area contributed by atoms with Crippen molar-refractivity contribution in [2.45, 2.75) is 37.0 Å². The maximum Gasteiger partial charge on any atom is 0.419 e. The number of halogens is 5. The molecule has 1 aliphatic heterocycles. The lowest BCUT2D eigenvalue weighted by Gasteiger charge is -2.37. The summed E-state index contributed by atoms with van der Waals surface area (Å²) in [6.45, 7) is 4.10. The number of hydrogen-bond donors (Lipinski definition) is 1. The van der Waals surface area contributed by atoms with E-state index in [9.17, 15) is 26.0 Å². The molecule has 0 saturated carbocycles. The predicted molar refractivity (Wildman–Crippen MR) is 79.5 cm³/mol. The van der Waals surface area contributed by atoms with E-state index >= 15 is 0 Å². The molecule has 23 heavy (non-hydrogen) atoms. The number of rotatable bonds is 2. The summed E-state index contributed by atoms with van der Waals surface area (Å²) in [6.07, 6.45) is -4.86. The van der Waals surface area contributed by atoms with Crippen LogP contribution in [0.25, 0.3) is 0 Å². The third-order valence-electron chi connectivity index (χ3n) is 3.83. The van der Waals surface area contributed by atoms with Gasteiger partial charge in [0.1, 0.15) is 5.82 Å². The van der Waals surface area contributed by atoms with Gasteiger partial charge in [0, 0.05) is 25.2 Å². The zero-order valence-corrected chi connectivity index (χ0v) is 14.0. The molecule has 1 aromatic carbocycles. The molecule has 132 valence electrons. The van der Waals surface area contributed by atoms with Crippen molar-refractivity contribution in [3.05, 3.63) is 29.6 Å². The van der Waals surface area contributed by atoms with Crippen molar-refractivity contribution in [2.24, 2.45) is 0 Å². The van der Waals surface area contributed by atoms with Gasteiger partial charge in [0.2, 0.25) is 10.0 Å². The van der Waals surface area contributed by atoms with E-state index in [4.69, 9.17) is 0 Å². The van der Waals surface area contributed by atoms with E-state index < -0.39 is 32.5 Å². The van der Waals surface area contributed by atoms with Crippen LogP contribution in [0.1, 0.15) is 19.4 Å². The number of nitrogens with one attached hydrogen (secondary N) is 1. The minimum Gasteiger partial charge on any atom is -0.311 e. The van der Waals surface area contributed by atoms with Crippen LogP contribution in [0.15, 0.2) is 23.1 Å². The van der Waals surface area contributed by atoms with E-state index in [1.54, 1.807) is 13.8 Å². The minimum atomic E-state index is -4.86. The van der Waals surface area contributed by atoms with E-state index in [1.165, 1.54) is 4.31 Å². The molecule has 1 N–H and O–H groups in total. The fraction of sp³-hybridized carbons (Fsp3) is 0.538. The normalized spacial score (nSPS) is 23.4. The molecule has 0 aromatic heterocycles. The van der Waals surface area contributed by atoms with Crippen LogP contribution in [0.4, 0.5) is 17.6 Å². The standard InChI is InChI=1S/C13H16F4N2O2S.ClH/c1-8-9(2)19(6-5-18-8)22(20,21)10-3-4-11(12(14)7-10)13(15,16)17;/h3-4,7-9,18H,5-6H2,1-2H3;1H. The van der Waals surface area contributed by atoms with Gasteiger partial charge >= 0.3 is 6.18 Å². The first-order valence-corrected chi connectivity index (χ1v) is 8.11. The fourth-order valence-corrected chi connectivity index (χ4v) is 4.10. The van der Waals surface area contributed by atoms with Crippen LogP contribution in [0.3, 0.4) is 0 Å². The highest BCUT2D eigenvalue weighted by molar-refractivity contribution is 7.89. The van der Waals surface area contributed by atoms with Gasteiger partial charge in [-0.25, -0.2) is 12.8 Å². The maximum absolute atomic E-state index is 13.6. The molecule has 2 unspecified atom stereocenters. The van der Waals surface area contributed by atoms with Gasteiger partial charge in [0.05, 0.1) is 10.5 Å². The first-order chi connectivity index (χ1) is 10.0. The molecule has 4 nitrogen and oxygen atoms in total. The van der Waals surface area contributed by atoms with E-state index in [1.807, 2.05) is 0 Å². The highest BCUT2D eigenvalue weighted by Gasteiger charge is 2.37. The molecule has 1 aromatic rings. The summed E-state index contributed by atoms with van der Waals surface area (Å²) in [5.41, 5.74) is -1.48. The smallest absolute Gasteiger partial charge is 0.311 e. The lowest BCUT2D eigenvalue weighted by molar-refractivity contribution is -0.140. The maximum atomic E-state index is 13.6. The van der Waals surface area contributed by atoms with Crippen molar-refractivity contribution in [2.75, 3.05) is 13.1 Å². The fourth-order valence-electron chi connectivity index (χ4n) is 2.39. The second-order valence-electron chi connectivity index (χ2n) is 5.24. The molecule has 0 spiro atoms. The van der Waals surface area contributed by atoms with E-state index in [2.05, 4.69) is 5.32 Å². The highest BCUT2D eigenvalue weighted by atomic mass is 35.5. The average molecular weight is 377 g/mol. The molecular formula is C13H17ClF4N2O2S. The van der Waals surface area contributed by atoms with Crippen molar-refractivity contribution < 1.29 is 26.0 Å². The molecular weight excluding hydrogens is 360 g/mol. The lowest BCUT2D eigenvalue weighted by Crippen LogP contribution is -2.57. The van der Waals surface area contributed by atoms with Crippen LogP contribution in [0, 0.1) is 5.82 Å². The third kappa shape index (κ3) is 3.96. The van der Waals surface area contributed by atoms with Gasteiger partial charge in [0.25, 0.3) is 0 Å². The van der Waals surface area contributed by atoms with Crippen molar-refractivity contribution >= 4 is 22.4 Å². The Kier molecular flexibility index (Phi) is 6.06. The Morgan fingerprint density at radius 1 is 1.26 bits per heavy atom. The molecule has 0 radical (unpaired) electrons. The lowest BCUT2D eigenvalue weighted by atomic mass is 10.1. The van der Waals surface area contributed by atoms with Crippen LogP contribution in [-0.4, -0.2) is 37.9 Å². The molecule has 10 heteroatoms. The van der Waals surface area contributed by atoms with Crippen molar-refractivity contribution in [1.29, 1.82) is 0 Å². The zero-order chi connectivity index (χ0) is 16.7. The first-order valence-electron chi connectivity index (χ1n) is 6.67.